The van der Waals surface area contributed by atoms with E-state index < -0.39 is 30.8 Å². The van der Waals surface area contributed by atoms with E-state index in [1.807, 2.05) is 0 Å². The minimum Gasteiger partial charge on any atom is -0.387 e. The SMILES string of the molecule is CC(=O)c1ccc(NC2OC(O)C(O)C(O)C2O)cc1. The van der Waals surface area contributed by atoms with Crippen molar-refractivity contribution in [1.82, 2.24) is 0 Å². The first-order valence-corrected chi connectivity index (χ1v) is 6.15. The van der Waals surface area contributed by atoms with Gasteiger partial charge < -0.3 is 30.5 Å². The second-order valence-corrected chi connectivity index (χ2v) is 4.70. The van der Waals surface area contributed by atoms with Crippen LogP contribution in [0.3, 0.4) is 0 Å². The normalized spacial score (nSPS) is 33.8. The molecule has 5 N–H and O–H groups in total. The zero-order valence-corrected chi connectivity index (χ0v) is 10.8. The molecule has 0 spiro atoms. The summed E-state index contributed by atoms with van der Waals surface area (Å²) in [6.07, 6.45) is -7.16. The lowest BCUT2D eigenvalue weighted by atomic mass is 10.0. The molecule has 0 bridgehead atoms. The maximum absolute atomic E-state index is 11.1. The Labute approximate surface area is 115 Å². The molecule has 1 aliphatic heterocycles. The number of aliphatic hydroxyl groups excluding tert-OH is 4. The lowest BCUT2D eigenvalue weighted by Gasteiger charge is -2.38. The Morgan fingerprint density at radius 3 is 2.20 bits per heavy atom. The van der Waals surface area contributed by atoms with Gasteiger partial charge in [0.25, 0.3) is 0 Å². The zero-order valence-electron chi connectivity index (χ0n) is 10.8. The molecular formula is C13H17NO6. The van der Waals surface area contributed by atoms with Gasteiger partial charge in [-0.1, -0.05) is 0 Å². The van der Waals surface area contributed by atoms with Crippen molar-refractivity contribution in [1.29, 1.82) is 0 Å². The van der Waals surface area contributed by atoms with Crippen LogP contribution in [0, 0.1) is 0 Å². The third-order valence-corrected chi connectivity index (χ3v) is 3.19. The van der Waals surface area contributed by atoms with Gasteiger partial charge in [-0.25, -0.2) is 0 Å². The van der Waals surface area contributed by atoms with Crippen molar-refractivity contribution in [2.45, 2.75) is 37.8 Å². The molecule has 1 aliphatic rings. The highest BCUT2D eigenvalue weighted by Gasteiger charge is 2.42. The number of carbonyl (C=O) groups excluding carboxylic acids is 1. The van der Waals surface area contributed by atoms with Crippen LogP contribution in [0.25, 0.3) is 0 Å². The Hall–Kier alpha value is -1.51. The van der Waals surface area contributed by atoms with E-state index in [9.17, 15) is 25.2 Å². The average Bonchev–Trinajstić information content (AvgIpc) is 2.43. The van der Waals surface area contributed by atoms with Crippen molar-refractivity contribution in [3.63, 3.8) is 0 Å². The van der Waals surface area contributed by atoms with Gasteiger partial charge in [0.15, 0.2) is 18.3 Å². The molecule has 1 saturated heterocycles. The maximum atomic E-state index is 11.1. The highest BCUT2D eigenvalue weighted by molar-refractivity contribution is 5.94. The molecule has 1 aromatic rings. The van der Waals surface area contributed by atoms with Gasteiger partial charge in [0.05, 0.1) is 0 Å². The number of rotatable bonds is 3. The van der Waals surface area contributed by atoms with E-state index in [-0.39, 0.29) is 5.78 Å². The fraction of sp³-hybridized carbons (Fsp3) is 0.462. The average molecular weight is 283 g/mol. The highest BCUT2D eigenvalue weighted by Crippen LogP contribution is 2.22. The van der Waals surface area contributed by atoms with Gasteiger partial charge in [0, 0.05) is 11.3 Å². The molecule has 0 aliphatic carbocycles. The molecule has 0 aromatic heterocycles. The van der Waals surface area contributed by atoms with Crippen LogP contribution in [0.5, 0.6) is 0 Å². The van der Waals surface area contributed by atoms with Crippen molar-refractivity contribution in [2.75, 3.05) is 5.32 Å². The Morgan fingerprint density at radius 1 is 1.05 bits per heavy atom. The number of hydrogen-bond acceptors (Lipinski definition) is 7. The first-order chi connectivity index (χ1) is 9.40. The van der Waals surface area contributed by atoms with E-state index in [1.165, 1.54) is 6.92 Å². The van der Waals surface area contributed by atoms with E-state index in [0.717, 1.165) is 0 Å². The summed E-state index contributed by atoms with van der Waals surface area (Å²) in [6, 6.07) is 6.41. The molecule has 0 saturated carbocycles. The summed E-state index contributed by atoms with van der Waals surface area (Å²) in [4.78, 5) is 11.1. The predicted molar refractivity (Wildman–Crippen MR) is 69.0 cm³/mol. The van der Waals surface area contributed by atoms with Gasteiger partial charge in [-0.05, 0) is 31.2 Å². The number of aliphatic hydroxyl groups is 4. The van der Waals surface area contributed by atoms with Gasteiger partial charge in [-0.3, -0.25) is 4.79 Å². The van der Waals surface area contributed by atoms with Crippen molar-refractivity contribution < 1.29 is 30.0 Å². The minimum absolute atomic E-state index is 0.0699. The summed E-state index contributed by atoms with van der Waals surface area (Å²) in [5, 5.41) is 40.8. The van der Waals surface area contributed by atoms with Crippen molar-refractivity contribution in [2.24, 2.45) is 0 Å². The third-order valence-electron chi connectivity index (χ3n) is 3.19. The lowest BCUT2D eigenvalue weighted by Crippen LogP contribution is -2.59. The molecule has 7 nitrogen and oxygen atoms in total. The molecular weight excluding hydrogens is 266 g/mol. The van der Waals surface area contributed by atoms with E-state index in [2.05, 4.69) is 5.32 Å². The molecule has 2 rings (SSSR count). The fourth-order valence-corrected chi connectivity index (χ4v) is 1.95. The maximum Gasteiger partial charge on any atom is 0.186 e. The number of nitrogens with one attached hydrogen (secondary N) is 1. The zero-order chi connectivity index (χ0) is 14.9. The predicted octanol–water partition coefficient (Wildman–Crippen LogP) is -0.942. The van der Waals surface area contributed by atoms with Crippen LogP contribution in [-0.2, 0) is 4.74 Å². The molecule has 5 unspecified atom stereocenters. The monoisotopic (exact) mass is 283 g/mol. The van der Waals surface area contributed by atoms with Crippen LogP contribution in [0.2, 0.25) is 0 Å². The first-order valence-electron chi connectivity index (χ1n) is 6.15. The third kappa shape index (κ3) is 2.97. The Balaban J connectivity index is 2.07. The Morgan fingerprint density at radius 2 is 1.65 bits per heavy atom. The Kier molecular flexibility index (Phi) is 4.36. The lowest BCUT2D eigenvalue weighted by molar-refractivity contribution is -0.275. The van der Waals surface area contributed by atoms with Crippen LogP contribution in [0.15, 0.2) is 24.3 Å². The highest BCUT2D eigenvalue weighted by atomic mass is 16.6. The van der Waals surface area contributed by atoms with Gasteiger partial charge in [0.1, 0.15) is 18.3 Å². The van der Waals surface area contributed by atoms with Gasteiger partial charge in [0.2, 0.25) is 0 Å². The summed E-state index contributed by atoms with van der Waals surface area (Å²) in [6.45, 7) is 1.45. The van der Waals surface area contributed by atoms with Crippen LogP contribution < -0.4 is 5.32 Å². The summed E-state index contributed by atoms with van der Waals surface area (Å²) >= 11 is 0. The van der Waals surface area contributed by atoms with Crippen LogP contribution >= 0.6 is 0 Å². The van der Waals surface area contributed by atoms with Gasteiger partial charge in [-0.2, -0.15) is 0 Å². The summed E-state index contributed by atoms with van der Waals surface area (Å²) in [5.41, 5.74) is 1.07. The van der Waals surface area contributed by atoms with Crippen molar-refractivity contribution in [3.05, 3.63) is 29.8 Å². The number of carbonyl (C=O) groups is 1. The summed E-state index contributed by atoms with van der Waals surface area (Å²) < 4.78 is 4.98. The summed E-state index contributed by atoms with van der Waals surface area (Å²) in [7, 11) is 0. The largest absolute Gasteiger partial charge is 0.387 e. The number of ether oxygens (including phenoxy) is 1. The van der Waals surface area contributed by atoms with Crippen LogP contribution in [-0.4, -0.2) is 57.0 Å². The van der Waals surface area contributed by atoms with E-state index in [4.69, 9.17) is 4.74 Å². The van der Waals surface area contributed by atoms with E-state index in [1.54, 1.807) is 24.3 Å². The molecule has 7 heteroatoms. The van der Waals surface area contributed by atoms with Gasteiger partial charge >= 0.3 is 0 Å². The number of ketones is 1. The van der Waals surface area contributed by atoms with Crippen molar-refractivity contribution in [3.8, 4) is 0 Å². The second kappa shape index (κ2) is 5.86. The summed E-state index contributed by atoms with van der Waals surface area (Å²) in [5.74, 6) is -0.0699. The molecule has 0 radical (unpaired) electrons. The fourth-order valence-electron chi connectivity index (χ4n) is 1.95. The first kappa shape index (κ1) is 14.9. The minimum atomic E-state index is -1.60. The van der Waals surface area contributed by atoms with Crippen molar-refractivity contribution >= 4 is 11.5 Å². The van der Waals surface area contributed by atoms with Crippen LogP contribution in [0.1, 0.15) is 17.3 Å². The van der Waals surface area contributed by atoms with E-state index >= 15 is 0 Å². The number of hydrogen-bond donors (Lipinski definition) is 5. The number of Topliss-reactive ketones (excluding diaryl/α,β-unsaturated/α-hetero) is 1. The van der Waals surface area contributed by atoms with E-state index in [0.29, 0.717) is 11.3 Å². The molecule has 1 heterocycles. The molecule has 0 amide bonds. The van der Waals surface area contributed by atoms with Gasteiger partial charge in [-0.15, -0.1) is 0 Å². The second-order valence-electron chi connectivity index (χ2n) is 4.70. The molecule has 20 heavy (non-hydrogen) atoms. The quantitative estimate of drug-likeness (QED) is 0.454. The molecule has 1 fully saturated rings. The number of benzene rings is 1. The molecule has 5 atom stereocenters. The topological polar surface area (TPSA) is 119 Å². The number of anilines is 1. The Bertz CT molecular complexity index is 476. The molecule has 110 valence electrons. The standard InChI is InChI=1S/C13H17NO6/c1-6(15)7-2-4-8(5-3-7)14-12-10(17)9(16)11(18)13(19)20-12/h2-5,9-14,16-19H,1H3. The smallest absolute Gasteiger partial charge is 0.186 e. The van der Waals surface area contributed by atoms with Crippen LogP contribution in [0.4, 0.5) is 5.69 Å². The molecule has 1 aromatic carbocycles.